The zero-order valence-electron chi connectivity index (χ0n) is 13.9. The van der Waals surface area contributed by atoms with E-state index in [-0.39, 0.29) is 5.57 Å². The molecule has 1 N–H and O–H groups in total. The quantitative estimate of drug-likeness (QED) is 0.662. The summed E-state index contributed by atoms with van der Waals surface area (Å²) < 4.78 is 0. The van der Waals surface area contributed by atoms with E-state index >= 15 is 0 Å². The van der Waals surface area contributed by atoms with E-state index in [2.05, 4.69) is 11.4 Å². The molecule has 0 aliphatic heterocycles. The van der Waals surface area contributed by atoms with Crippen molar-refractivity contribution < 1.29 is 4.79 Å². The predicted octanol–water partition coefficient (Wildman–Crippen LogP) is 4.35. The number of fused-ring (bicyclic) bond motifs is 1. The first kappa shape index (κ1) is 17.0. The fourth-order valence-corrected chi connectivity index (χ4v) is 4.23. The van der Waals surface area contributed by atoms with Crippen LogP contribution in [-0.2, 0) is 17.6 Å². The number of rotatable bonds is 3. The zero-order chi connectivity index (χ0) is 17.8. The minimum Gasteiger partial charge on any atom is -0.312 e. The molecule has 1 aromatic heterocycles. The first-order chi connectivity index (χ1) is 12.1. The van der Waals surface area contributed by atoms with Gasteiger partial charge in [0, 0.05) is 4.88 Å². The molecule has 1 heterocycles. The molecule has 1 aromatic carbocycles. The van der Waals surface area contributed by atoms with E-state index in [9.17, 15) is 15.3 Å². The van der Waals surface area contributed by atoms with Gasteiger partial charge in [0.05, 0.1) is 5.56 Å². The van der Waals surface area contributed by atoms with Crippen molar-refractivity contribution in [3.8, 4) is 12.1 Å². The number of carbonyl (C=O) groups excluding carboxylic acids is 1. The summed E-state index contributed by atoms with van der Waals surface area (Å²) in [6.07, 6.45) is 5.61. The van der Waals surface area contributed by atoms with Gasteiger partial charge in [-0.1, -0.05) is 24.3 Å². The van der Waals surface area contributed by atoms with E-state index in [4.69, 9.17) is 0 Å². The molecule has 4 nitrogen and oxygen atoms in total. The molecule has 2 aromatic rings. The van der Waals surface area contributed by atoms with Crippen LogP contribution in [0.15, 0.2) is 29.8 Å². The number of nitriles is 2. The third-order valence-corrected chi connectivity index (χ3v) is 5.57. The Kier molecular flexibility index (Phi) is 4.97. The highest BCUT2D eigenvalue weighted by Crippen LogP contribution is 2.37. The van der Waals surface area contributed by atoms with Gasteiger partial charge in [-0.25, -0.2) is 0 Å². The molecule has 0 radical (unpaired) electrons. The van der Waals surface area contributed by atoms with Crippen molar-refractivity contribution >= 4 is 28.3 Å². The monoisotopic (exact) mass is 347 g/mol. The van der Waals surface area contributed by atoms with Gasteiger partial charge in [0.2, 0.25) is 0 Å². The zero-order valence-corrected chi connectivity index (χ0v) is 14.7. The van der Waals surface area contributed by atoms with Crippen LogP contribution < -0.4 is 5.32 Å². The van der Waals surface area contributed by atoms with E-state index < -0.39 is 5.91 Å². The van der Waals surface area contributed by atoms with Crippen molar-refractivity contribution in [2.45, 2.75) is 32.6 Å². The number of aryl methyl sites for hydroxylation is 2. The summed E-state index contributed by atoms with van der Waals surface area (Å²) in [5.41, 5.74) is 3.48. The molecular formula is C20H17N3OS. The summed E-state index contributed by atoms with van der Waals surface area (Å²) in [5, 5.41) is 22.2. The molecule has 0 atom stereocenters. The maximum atomic E-state index is 12.5. The summed E-state index contributed by atoms with van der Waals surface area (Å²) in [6.45, 7) is 1.93. The van der Waals surface area contributed by atoms with Crippen molar-refractivity contribution in [2.75, 3.05) is 5.32 Å². The first-order valence-corrected chi connectivity index (χ1v) is 8.99. The number of amides is 1. The average Bonchev–Trinajstić information content (AvgIpc) is 2.97. The van der Waals surface area contributed by atoms with Crippen LogP contribution in [0.2, 0.25) is 0 Å². The Labute approximate surface area is 151 Å². The molecule has 0 saturated heterocycles. The van der Waals surface area contributed by atoms with Crippen LogP contribution in [0.5, 0.6) is 0 Å². The Bertz CT molecular complexity index is 941. The highest BCUT2D eigenvalue weighted by atomic mass is 32.1. The van der Waals surface area contributed by atoms with Crippen LogP contribution in [0, 0.1) is 29.6 Å². The molecule has 0 unspecified atom stereocenters. The predicted molar refractivity (Wildman–Crippen MR) is 99.1 cm³/mol. The number of hydrogen-bond acceptors (Lipinski definition) is 4. The van der Waals surface area contributed by atoms with Gasteiger partial charge in [0.25, 0.3) is 5.91 Å². The van der Waals surface area contributed by atoms with Gasteiger partial charge in [-0.05, 0) is 55.4 Å². The third-order valence-electron chi connectivity index (χ3n) is 4.36. The van der Waals surface area contributed by atoms with Crippen molar-refractivity contribution in [3.05, 3.63) is 57.0 Å². The molecule has 0 spiro atoms. The van der Waals surface area contributed by atoms with Crippen LogP contribution in [0.3, 0.4) is 0 Å². The number of nitrogens with one attached hydrogen (secondary N) is 1. The van der Waals surface area contributed by atoms with Crippen LogP contribution in [0.25, 0.3) is 6.08 Å². The molecule has 0 bridgehead atoms. The molecule has 3 rings (SSSR count). The minimum absolute atomic E-state index is 0.0320. The van der Waals surface area contributed by atoms with E-state index in [0.29, 0.717) is 10.6 Å². The lowest BCUT2D eigenvalue weighted by molar-refractivity contribution is -0.112. The van der Waals surface area contributed by atoms with E-state index in [1.807, 2.05) is 37.3 Å². The SMILES string of the molecule is Cc1ccccc1/C=C(\C#N)C(=O)Nc1sc2c(c1C#N)CCCC2. The number of hydrogen-bond donors (Lipinski definition) is 1. The Morgan fingerprint density at radius 3 is 2.72 bits per heavy atom. The Balaban J connectivity index is 1.89. The maximum Gasteiger partial charge on any atom is 0.266 e. The second kappa shape index (κ2) is 7.34. The van der Waals surface area contributed by atoms with E-state index in [0.717, 1.165) is 42.4 Å². The fraction of sp³-hybridized carbons (Fsp3) is 0.250. The van der Waals surface area contributed by atoms with Gasteiger partial charge in [-0.3, -0.25) is 4.79 Å². The second-order valence-corrected chi connectivity index (χ2v) is 7.11. The van der Waals surface area contributed by atoms with Crippen LogP contribution in [-0.4, -0.2) is 5.91 Å². The number of nitrogens with zero attached hydrogens (tertiary/aromatic N) is 2. The fourth-order valence-electron chi connectivity index (χ4n) is 3.00. The highest BCUT2D eigenvalue weighted by molar-refractivity contribution is 7.16. The maximum absolute atomic E-state index is 12.5. The van der Waals surface area contributed by atoms with Gasteiger partial charge < -0.3 is 5.32 Å². The lowest BCUT2D eigenvalue weighted by Gasteiger charge is -2.09. The molecule has 1 amide bonds. The number of carbonyl (C=O) groups is 1. The standard InChI is InChI=1S/C20H17N3OS/c1-13-6-2-3-7-14(13)10-15(11-21)19(24)23-20-17(12-22)16-8-4-5-9-18(16)25-20/h2-3,6-7,10H,4-5,8-9H2,1H3,(H,23,24)/b15-10+. The number of thiophene rings is 1. The van der Waals surface area contributed by atoms with Gasteiger partial charge in [0.15, 0.2) is 0 Å². The van der Waals surface area contributed by atoms with Crippen LogP contribution >= 0.6 is 11.3 Å². The van der Waals surface area contributed by atoms with Crippen molar-refractivity contribution in [2.24, 2.45) is 0 Å². The molecule has 0 saturated carbocycles. The van der Waals surface area contributed by atoms with E-state index in [1.165, 1.54) is 16.2 Å². The molecule has 0 fully saturated rings. The molecule has 124 valence electrons. The topological polar surface area (TPSA) is 76.7 Å². The van der Waals surface area contributed by atoms with Gasteiger partial charge in [-0.15, -0.1) is 11.3 Å². The smallest absolute Gasteiger partial charge is 0.266 e. The van der Waals surface area contributed by atoms with Gasteiger partial charge in [-0.2, -0.15) is 10.5 Å². The number of benzene rings is 1. The van der Waals surface area contributed by atoms with E-state index in [1.54, 1.807) is 6.08 Å². The largest absolute Gasteiger partial charge is 0.312 e. The average molecular weight is 347 g/mol. The van der Waals surface area contributed by atoms with Crippen LogP contribution in [0.4, 0.5) is 5.00 Å². The minimum atomic E-state index is -0.471. The Morgan fingerprint density at radius 1 is 1.24 bits per heavy atom. The lowest BCUT2D eigenvalue weighted by Crippen LogP contribution is -2.13. The summed E-state index contributed by atoms with van der Waals surface area (Å²) in [4.78, 5) is 13.7. The molecule has 1 aliphatic rings. The van der Waals surface area contributed by atoms with Gasteiger partial charge in [0.1, 0.15) is 22.7 Å². The highest BCUT2D eigenvalue weighted by Gasteiger charge is 2.22. The van der Waals surface area contributed by atoms with Gasteiger partial charge >= 0.3 is 0 Å². The summed E-state index contributed by atoms with van der Waals surface area (Å²) in [7, 11) is 0. The summed E-state index contributed by atoms with van der Waals surface area (Å²) in [5.74, 6) is -0.471. The van der Waals surface area contributed by atoms with Crippen molar-refractivity contribution in [1.29, 1.82) is 10.5 Å². The third kappa shape index (κ3) is 3.47. The Hall–Kier alpha value is -2.89. The normalized spacial score (nSPS) is 13.5. The second-order valence-electron chi connectivity index (χ2n) is 6.01. The lowest BCUT2D eigenvalue weighted by atomic mass is 9.96. The first-order valence-electron chi connectivity index (χ1n) is 8.17. The van der Waals surface area contributed by atoms with Crippen LogP contribution in [0.1, 0.15) is 40.0 Å². The van der Waals surface area contributed by atoms with Crippen molar-refractivity contribution in [3.63, 3.8) is 0 Å². The molecular weight excluding hydrogens is 330 g/mol. The summed E-state index contributed by atoms with van der Waals surface area (Å²) in [6, 6.07) is 11.8. The molecule has 25 heavy (non-hydrogen) atoms. The van der Waals surface area contributed by atoms with Crippen molar-refractivity contribution in [1.82, 2.24) is 0 Å². The number of anilines is 1. The molecule has 5 heteroatoms. The summed E-state index contributed by atoms with van der Waals surface area (Å²) >= 11 is 1.46. The Morgan fingerprint density at radius 2 is 2.00 bits per heavy atom. The molecule has 1 aliphatic carbocycles.